The van der Waals surface area contributed by atoms with E-state index >= 15 is 0 Å². The number of amides is 1. The second kappa shape index (κ2) is 4.45. The number of nitrogens with two attached hydrogens (primary N) is 1. The van der Waals surface area contributed by atoms with Gasteiger partial charge in [-0.15, -0.1) is 11.3 Å². The Hall–Kier alpha value is -1.82. The van der Waals surface area contributed by atoms with Crippen molar-refractivity contribution in [1.82, 2.24) is 9.88 Å². The maximum absolute atomic E-state index is 12.1. The molecule has 2 aromatic rings. The first-order chi connectivity index (χ1) is 8.72. The quantitative estimate of drug-likeness (QED) is 0.890. The summed E-state index contributed by atoms with van der Waals surface area (Å²) in [6.07, 6.45) is 1.15. The van der Waals surface area contributed by atoms with Crippen molar-refractivity contribution in [2.75, 3.05) is 12.3 Å². The number of anilines is 1. The summed E-state index contributed by atoms with van der Waals surface area (Å²) < 4.78 is 5.27. The van der Waals surface area contributed by atoms with E-state index in [1.165, 1.54) is 0 Å². The summed E-state index contributed by atoms with van der Waals surface area (Å²) in [6, 6.07) is 4.12. The molecule has 2 aromatic heterocycles. The van der Waals surface area contributed by atoms with Gasteiger partial charge in [-0.3, -0.25) is 4.79 Å². The summed E-state index contributed by atoms with van der Waals surface area (Å²) in [6.45, 7) is 1.17. The number of carbonyl (C=O) groups excluding carboxylic acids is 1. The summed E-state index contributed by atoms with van der Waals surface area (Å²) in [5, 5.41) is 1.98. The van der Waals surface area contributed by atoms with Gasteiger partial charge < -0.3 is 15.1 Å². The van der Waals surface area contributed by atoms with Gasteiger partial charge in [-0.05, 0) is 11.4 Å². The van der Waals surface area contributed by atoms with Crippen molar-refractivity contribution in [3.8, 4) is 0 Å². The smallest absolute Gasteiger partial charge is 0.292 e. The highest BCUT2D eigenvalue weighted by Crippen LogP contribution is 2.21. The molecular weight excluding hydrogens is 250 g/mol. The molecule has 0 aromatic carbocycles. The van der Waals surface area contributed by atoms with Gasteiger partial charge in [0.15, 0.2) is 0 Å². The fourth-order valence-electron chi connectivity index (χ4n) is 2.11. The molecule has 0 atom stereocenters. The lowest BCUT2D eigenvalue weighted by atomic mass is 10.1. The molecule has 0 fully saturated rings. The number of carbonyl (C=O) groups is 1. The van der Waals surface area contributed by atoms with Crippen molar-refractivity contribution in [2.24, 2.45) is 0 Å². The molecule has 0 saturated carbocycles. The van der Waals surface area contributed by atoms with Crippen LogP contribution in [-0.2, 0) is 24.2 Å². The fourth-order valence-corrected chi connectivity index (χ4v) is 2.80. The first kappa shape index (κ1) is 11.3. The third-order valence-corrected chi connectivity index (χ3v) is 3.88. The van der Waals surface area contributed by atoms with E-state index in [0.29, 0.717) is 25.9 Å². The number of oxazole rings is 1. The molecular formula is C12H13N3O2S. The van der Waals surface area contributed by atoms with Crippen LogP contribution in [0.1, 0.15) is 16.3 Å². The number of hydrogen-bond donors (Lipinski definition) is 1. The molecule has 5 nitrogen and oxygen atoms in total. The normalized spacial score (nSPS) is 14.6. The Bertz CT molecular complexity index is 562. The lowest BCUT2D eigenvalue weighted by molar-refractivity contribution is -0.131. The zero-order chi connectivity index (χ0) is 12.5. The lowest BCUT2D eigenvalue weighted by Gasteiger charge is -2.25. The molecule has 0 saturated heterocycles. The van der Waals surface area contributed by atoms with Crippen molar-refractivity contribution < 1.29 is 9.21 Å². The average Bonchev–Trinajstić information content (AvgIpc) is 2.95. The molecule has 0 unspecified atom stereocenters. The number of rotatable bonds is 2. The first-order valence-electron chi connectivity index (χ1n) is 5.76. The van der Waals surface area contributed by atoms with Crippen molar-refractivity contribution in [3.05, 3.63) is 33.8 Å². The zero-order valence-corrected chi connectivity index (χ0v) is 10.6. The summed E-state index contributed by atoms with van der Waals surface area (Å²) in [5.74, 6) is 0.942. The molecule has 3 heterocycles. The molecule has 0 radical (unpaired) electrons. The van der Waals surface area contributed by atoms with Gasteiger partial charge in [-0.1, -0.05) is 6.07 Å². The Morgan fingerprint density at radius 2 is 2.50 bits per heavy atom. The lowest BCUT2D eigenvalue weighted by Crippen LogP contribution is -2.36. The predicted molar refractivity (Wildman–Crippen MR) is 68.1 cm³/mol. The SMILES string of the molecule is Nc1nc2c(o1)CCN(C(=O)Cc1cccs1)C2. The van der Waals surface area contributed by atoms with Crippen molar-refractivity contribution in [1.29, 1.82) is 0 Å². The van der Waals surface area contributed by atoms with Crippen LogP contribution in [0.4, 0.5) is 6.01 Å². The average molecular weight is 263 g/mol. The topological polar surface area (TPSA) is 72.4 Å². The van der Waals surface area contributed by atoms with Gasteiger partial charge in [0.2, 0.25) is 5.91 Å². The molecule has 3 rings (SSSR count). The summed E-state index contributed by atoms with van der Waals surface area (Å²) in [4.78, 5) is 19.1. The number of nitrogens with zero attached hydrogens (tertiary/aromatic N) is 2. The van der Waals surface area contributed by atoms with E-state index in [2.05, 4.69) is 4.98 Å². The number of nitrogen functional groups attached to an aromatic ring is 1. The van der Waals surface area contributed by atoms with E-state index in [4.69, 9.17) is 10.2 Å². The first-order valence-corrected chi connectivity index (χ1v) is 6.64. The van der Waals surface area contributed by atoms with Gasteiger partial charge in [0.1, 0.15) is 11.5 Å². The zero-order valence-electron chi connectivity index (χ0n) is 9.76. The van der Waals surface area contributed by atoms with E-state index in [-0.39, 0.29) is 11.9 Å². The maximum Gasteiger partial charge on any atom is 0.292 e. The number of aromatic nitrogens is 1. The summed E-state index contributed by atoms with van der Waals surface area (Å²) in [7, 11) is 0. The molecule has 0 spiro atoms. The van der Waals surface area contributed by atoms with E-state index in [0.717, 1.165) is 16.3 Å². The minimum Gasteiger partial charge on any atom is -0.428 e. The van der Waals surface area contributed by atoms with Crippen molar-refractivity contribution in [2.45, 2.75) is 19.4 Å². The standard InChI is InChI=1S/C12H13N3O2S/c13-12-14-9-7-15(4-3-10(9)17-12)11(16)6-8-2-1-5-18-8/h1-2,5H,3-4,6-7H2,(H2,13,14). The largest absolute Gasteiger partial charge is 0.428 e. The molecule has 6 heteroatoms. The van der Waals surface area contributed by atoms with Gasteiger partial charge in [0, 0.05) is 17.8 Å². The van der Waals surface area contributed by atoms with E-state index in [1.807, 2.05) is 22.4 Å². The fraction of sp³-hybridized carbons (Fsp3) is 0.333. The predicted octanol–water partition coefficient (Wildman–Crippen LogP) is 1.45. The Morgan fingerprint density at radius 3 is 3.28 bits per heavy atom. The van der Waals surface area contributed by atoms with Crippen LogP contribution in [0.15, 0.2) is 21.9 Å². The third kappa shape index (κ3) is 2.11. The summed E-state index contributed by atoms with van der Waals surface area (Å²) in [5.41, 5.74) is 6.30. The van der Waals surface area contributed by atoms with E-state index in [9.17, 15) is 4.79 Å². The molecule has 18 heavy (non-hydrogen) atoms. The summed E-state index contributed by atoms with van der Waals surface area (Å²) >= 11 is 1.60. The Morgan fingerprint density at radius 1 is 1.61 bits per heavy atom. The van der Waals surface area contributed by atoms with Gasteiger partial charge in [0.05, 0.1) is 13.0 Å². The molecule has 1 amide bonds. The minimum absolute atomic E-state index is 0.129. The van der Waals surface area contributed by atoms with Crippen LogP contribution in [0.5, 0.6) is 0 Å². The van der Waals surface area contributed by atoms with E-state index < -0.39 is 0 Å². The monoisotopic (exact) mass is 263 g/mol. The second-order valence-corrected chi connectivity index (χ2v) is 5.28. The number of fused-ring (bicyclic) bond motifs is 1. The minimum atomic E-state index is 0.129. The van der Waals surface area contributed by atoms with Crippen molar-refractivity contribution >= 4 is 23.3 Å². The molecule has 2 N–H and O–H groups in total. The Balaban J connectivity index is 1.70. The van der Waals surface area contributed by atoms with Crippen LogP contribution < -0.4 is 5.73 Å². The molecule has 1 aliphatic rings. The molecule has 1 aliphatic heterocycles. The van der Waals surface area contributed by atoms with Crippen LogP contribution in [0, 0.1) is 0 Å². The maximum atomic E-state index is 12.1. The molecule has 0 aliphatic carbocycles. The highest BCUT2D eigenvalue weighted by atomic mass is 32.1. The second-order valence-electron chi connectivity index (χ2n) is 4.24. The Kier molecular flexibility index (Phi) is 2.79. The van der Waals surface area contributed by atoms with Gasteiger partial charge >= 0.3 is 0 Å². The van der Waals surface area contributed by atoms with E-state index in [1.54, 1.807) is 11.3 Å². The highest BCUT2D eigenvalue weighted by molar-refractivity contribution is 7.10. The van der Waals surface area contributed by atoms with Crippen LogP contribution >= 0.6 is 11.3 Å². The third-order valence-electron chi connectivity index (χ3n) is 3.00. The van der Waals surface area contributed by atoms with Gasteiger partial charge in [-0.2, -0.15) is 4.98 Å². The molecule has 94 valence electrons. The number of thiophene rings is 1. The van der Waals surface area contributed by atoms with Crippen LogP contribution in [-0.4, -0.2) is 22.3 Å². The Labute approximate surface area is 108 Å². The number of hydrogen-bond acceptors (Lipinski definition) is 5. The van der Waals surface area contributed by atoms with Gasteiger partial charge in [0.25, 0.3) is 6.01 Å². The molecule has 0 bridgehead atoms. The highest BCUT2D eigenvalue weighted by Gasteiger charge is 2.24. The van der Waals surface area contributed by atoms with Crippen LogP contribution in [0.25, 0.3) is 0 Å². The van der Waals surface area contributed by atoms with Crippen LogP contribution in [0.3, 0.4) is 0 Å². The van der Waals surface area contributed by atoms with Crippen LogP contribution in [0.2, 0.25) is 0 Å². The van der Waals surface area contributed by atoms with Crippen molar-refractivity contribution in [3.63, 3.8) is 0 Å². The van der Waals surface area contributed by atoms with Gasteiger partial charge in [-0.25, -0.2) is 0 Å².